The fourth-order valence-corrected chi connectivity index (χ4v) is 4.69. The van der Waals surface area contributed by atoms with E-state index in [2.05, 4.69) is 5.32 Å². The normalized spacial score (nSPS) is 14.9. The quantitative estimate of drug-likeness (QED) is 0.616. The van der Waals surface area contributed by atoms with Crippen LogP contribution in [0, 0.1) is 0 Å². The van der Waals surface area contributed by atoms with Crippen LogP contribution < -0.4 is 14.8 Å². The van der Waals surface area contributed by atoms with Gasteiger partial charge in [0.1, 0.15) is 11.5 Å². The van der Waals surface area contributed by atoms with Crippen LogP contribution in [0.1, 0.15) is 26.3 Å². The van der Waals surface area contributed by atoms with E-state index >= 15 is 0 Å². The van der Waals surface area contributed by atoms with Gasteiger partial charge in [0.25, 0.3) is 5.91 Å². The molecule has 1 aliphatic rings. The number of hydrogen-bond donors (Lipinski definition) is 1. The number of morpholine rings is 1. The summed E-state index contributed by atoms with van der Waals surface area (Å²) in [5, 5.41) is 2.73. The van der Waals surface area contributed by atoms with Crippen molar-refractivity contribution in [3.63, 3.8) is 0 Å². The average Bonchev–Trinajstić information content (AvgIpc) is 2.79. The Bertz CT molecular complexity index is 1030. The van der Waals surface area contributed by atoms with Gasteiger partial charge in [-0.05, 0) is 56.2 Å². The molecular formula is C23H30N2O6S. The molecule has 2 aromatic carbocycles. The van der Waals surface area contributed by atoms with Crippen LogP contribution in [0.3, 0.4) is 0 Å². The standard InChI is InChI=1S/C23H30N2O6S/c1-4-18-6-5-7-19(14-18)30-16-23(26)24-21-15-20(8-9-22(21)31-17(2)3)32(27,28)25-10-12-29-13-11-25/h5-9,14-15,17H,4,10-13,16H2,1-3H3,(H,24,26). The number of nitrogens with zero attached hydrogens (tertiary/aromatic N) is 1. The summed E-state index contributed by atoms with van der Waals surface area (Å²) in [5.74, 6) is 0.575. The number of ether oxygens (including phenoxy) is 3. The molecule has 174 valence electrons. The van der Waals surface area contributed by atoms with Gasteiger partial charge in [-0.25, -0.2) is 8.42 Å². The number of rotatable bonds is 9. The predicted molar refractivity (Wildman–Crippen MR) is 122 cm³/mol. The van der Waals surface area contributed by atoms with E-state index in [9.17, 15) is 13.2 Å². The number of sulfonamides is 1. The summed E-state index contributed by atoms with van der Waals surface area (Å²) in [6.45, 7) is 6.83. The maximum atomic E-state index is 13.0. The van der Waals surface area contributed by atoms with E-state index in [4.69, 9.17) is 14.2 Å². The van der Waals surface area contributed by atoms with Crippen LogP contribution in [0.4, 0.5) is 5.69 Å². The number of amides is 1. The minimum Gasteiger partial charge on any atom is -0.489 e. The van der Waals surface area contributed by atoms with Crippen molar-refractivity contribution in [1.29, 1.82) is 0 Å². The number of anilines is 1. The van der Waals surface area contributed by atoms with Crippen molar-refractivity contribution < 1.29 is 27.4 Å². The number of hydrogen-bond acceptors (Lipinski definition) is 6. The lowest BCUT2D eigenvalue weighted by Crippen LogP contribution is -2.40. The second kappa shape index (κ2) is 10.8. The van der Waals surface area contributed by atoms with Gasteiger partial charge in [-0.15, -0.1) is 0 Å². The predicted octanol–water partition coefficient (Wildman–Crippen LogP) is 3.07. The van der Waals surface area contributed by atoms with E-state index in [1.165, 1.54) is 16.4 Å². The Balaban J connectivity index is 1.77. The molecule has 1 amide bonds. The third-order valence-corrected chi connectivity index (χ3v) is 6.77. The summed E-state index contributed by atoms with van der Waals surface area (Å²) in [7, 11) is -3.71. The van der Waals surface area contributed by atoms with E-state index in [1.807, 2.05) is 39.0 Å². The molecule has 0 radical (unpaired) electrons. The van der Waals surface area contributed by atoms with Crippen LogP contribution in [0.2, 0.25) is 0 Å². The molecule has 0 aromatic heterocycles. The zero-order valence-corrected chi connectivity index (χ0v) is 19.5. The lowest BCUT2D eigenvalue weighted by molar-refractivity contribution is -0.118. The summed E-state index contributed by atoms with van der Waals surface area (Å²) in [6, 6.07) is 12.0. The lowest BCUT2D eigenvalue weighted by Gasteiger charge is -2.26. The molecule has 3 rings (SSSR count). The van der Waals surface area contributed by atoms with Crippen molar-refractivity contribution in [2.75, 3.05) is 38.2 Å². The van der Waals surface area contributed by atoms with Crippen molar-refractivity contribution in [2.24, 2.45) is 0 Å². The molecule has 1 saturated heterocycles. The zero-order chi connectivity index (χ0) is 23.1. The van der Waals surface area contributed by atoms with Crippen molar-refractivity contribution in [1.82, 2.24) is 4.31 Å². The Labute approximate surface area is 189 Å². The van der Waals surface area contributed by atoms with Crippen molar-refractivity contribution in [3.8, 4) is 11.5 Å². The van der Waals surface area contributed by atoms with E-state index in [-0.39, 0.29) is 23.3 Å². The van der Waals surface area contributed by atoms with Gasteiger partial charge >= 0.3 is 0 Å². The van der Waals surface area contributed by atoms with Gasteiger partial charge in [-0.3, -0.25) is 4.79 Å². The van der Waals surface area contributed by atoms with Gasteiger partial charge in [0.2, 0.25) is 10.0 Å². The molecular weight excluding hydrogens is 432 g/mol. The zero-order valence-electron chi connectivity index (χ0n) is 18.7. The molecule has 1 heterocycles. The second-order valence-electron chi connectivity index (χ2n) is 7.68. The molecule has 1 aliphatic heterocycles. The Kier molecular flexibility index (Phi) is 8.11. The fourth-order valence-electron chi connectivity index (χ4n) is 3.25. The van der Waals surface area contributed by atoms with Gasteiger partial charge in [-0.1, -0.05) is 19.1 Å². The SMILES string of the molecule is CCc1cccc(OCC(=O)Nc2cc(S(=O)(=O)N3CCOCC3)ccc2OC(C)C)c1. The molecule has 0 saturated carbocycles. The molecule has 1 N–H and O–H groups in total. The van der Waals surface area contributed by atoms with Crippen molar-refractivity contribution in [2.45, 2.75) is 38.2 Å². The largest absolute Gasteiger partial charge is 0.489 e. The maximum absolute atomic E-state index is 13.0. The van der Waals surface area contributed by atoms with Crippen LogP contribution >= 0.6 is 0 Å². The monoisotopic (exact) mass is 462 g/mol. The third-order valence-electron chi connectivity index (χ3n) is 4.87. The van der Waals surface area contributed by atoms with E-state index in [1.54, 1.807) is 12.1 Å². The van der Waals surface area contributed by atoms with Crippen LogP contribution in [0.15, 0.2) is 47.4 Å². The number of aryl methyl sites for hydroxylation is 1. The molecule has 0 bridgehead atoms. The lowest BCUT2D eigenvalue weighted by atomic mass is 10.2. The summed E-state index contributed by atoms with van der Waals surface area (Å²) in [4.78, 5) is 12.7. The smallest absolute Gasteiger partial charge is 0.262 e. The number of nitrogens with one attached hydrogen (secondary N) is 1. The number of carbonyl (C=O) groups is 1. The Morgan fingerprint density at radius 3 is 2.59 bits per heavy atom. The Morgan fingerprint density at radius 2 is 1.91 bits per heavy atom. The van der Waals surface area contributed by atoms with Crippen LogP contribution in [-0.4, -0.2) is 57.6 Å². The van der Waals surface area contributed by atoms with Crippen molar-refractivity contribution >= 4 is 21.6 Å². The highest BCUT2D eigenvalue weighted by Gasteiger charge is 2.27. The van der Waals surface area contributed by atoms with Crippen LogP contribution in [0.5, 0.6) is 11.5 Å². The average molecular weight is 463 g/mol. The van der Waals surface area contributed by atoms with Gasteiger partial charge in [0.15, 0.2) is 6.61 Å². The van der Waals surface area contributed by atoms with Gasteiger partial charge in [0, 0.05) is 13.1 Å². The molecule has 32 heavy (non-hydrogen) atoms. The summed E-state index contributed by atoms with van der Waals surface area (Å²) >= 11 is 0. The number of carbonyl (C=O) groups excluding carboxylic acids is 1. The summed E-state index contributed by atoms with van der Waals surface area (Å²) in [6.07, 6.45) is 0.712. The minimum atomic E-state index is -3.71. The molecule has 9 heteroatoms. The summed E-state index contributed by atoms with van der Waals surface area (Å²) in [5.41, 5.74) is 1.39. The van der Waals surface area contributed by atoms with E-state index in [0.717, 1.165) is 12.0 Å². The first-order valence-corrected chi connectivity index (χ1v) is 12.1. The van der Waals surface area contributed by atoms with Crippen molar-refractivity contribution in [3.05, 3.63) is 48.0 Å². The summed E-state index contributed by atoms with van der Waals surface area (Å²) < 4.78 is 44.0. The Hall–Kier alpha value is -2.62. The second-order valence-corrected chi connectivity index (χ2v) is 9.62. The van der Waals surface area contributed by atoms with Gasteiger partial charge in [-0.2, -0.15) is 4.31 Å². The molecule has 8 nitrogen and oxygen atoms in total. The van der Waals surface area contributed by atoms with Gasteiger partial charge in [0.05, 0.1) is 29.9 Å². The topological polar surface area (TPSA) is 94.2 Å². The third kappa shape index (κ3) is 6.21. The highest BCUT2D eigenvalue weighted by atomic mass is 32.2. The van der Waals surface area contributed by atoms with E-state index in [0.29, 0.717) is 37.8 Å². The molecule has 1 fully saturated rings. The van der Waals surface area contributed by atoms with Crippen LogP contribution in [-0.2, 0) is 26.0 Å². The molecule has 0 unspecified atom stereocenters. The first-order chi connectivity index (χ1) is 15.3. The maximum Gasteiger partial charge on any atom is 0.262 e. The van der Waals surface area contributed by atoms with Crippen LogP contribution in [0.25, 0.3) is 0 Å². The molecule has 2 aromatic rings. The molecule has 0 aliphatic carbocycles. The van der Waals surface area contributed by atoms with Gasteiger partial charge < -0.3 is 19.5 Å². The number of benzene rings is 2. The molecule has 0 atom stereocenters. The first kappa shape index (κ1) is 24.0. The highest BCUT2D eigenvalue weighted by Crippen LogP contribution is 2.30. The first-order valence-electron chi connectivity index (χ1n) is 10.7. The Morgan fingerprint density at radius 1 is 1.16 bits per heavy atom. The fraction of sp³-hybridized carbons (Fsp3) is 0.435. The highest BCUT2D eigenvalue weighted by molar-refractivity contribution is 7.89. The molecule has 0 spiro atoms. The minimum absolute atomic E-state index is 0.0855. The van der Waals surface area contributed by atoms with E-state index < -0.39 is 15.9 Å².